The number of ether oxygens (including phenoxy) is 2. The summed E-state index contributed by atoms with van der Waals surface area (Å²) in [5, 5.41) is 15.3. The SMILES string of the molecule is O=C(OCc1ccccc1)N1CC[C@@]23CCCC[C@@H]2[C@@H]1Cc1c3cc(OCc2ccccc2)c(Nc2ccccc2[N+](=O)[O-])c1Br. The zero-order valence-electron chi connectivity index (χ0n) is 25.5. The molecule has 0 spiro atoms. The number of nitrogens with one attached hydrogen (secondary N) is 1. The second kappa shape index (κ2) is 12.8. The van der Waals surface area contributed by atoms with Crippen molar-refractivity contribution in [3.05, 3.63) is 128 Å². The van der Waals surface area contributed by atoms with E-state index in [0.717, 1.165) is 53.3 Å². The lowest BCUT2D eigenvalue weighted by molar-refractivity contribution is -0.383. The number of benzene rings is 4. The highest BCUT2D eigenvalue weighted by Gasteiger charge is 2.56. The van der Waals surface area contributed by atoms with E-state index < -0.39 is 0 Å². The van der Waals surface area contributed by atoms with E-state index in [1.165, 1.54) is 11.6 Å². The summed E-state index contributed by atoms with van der Waals surface area (Å²) in [7, 11) is 0. The van der Waals surface area contributed by atoms with Crippen LogP contribution in [0.4, 0.5) is 21.9 Å². The molecule has 7 rings (SSSR count). The number of hydrogen-bond donors (Lipinski definition) is 1. The first-order chi connectivity index (χ1) is 22.4. The lowest BCUT2D eigenvalue weighted by Crippen LogP contribution is -2.62. The smallest absolute Gasteiger partial charge is 0.410 e. The Hall–Kier alpha value is -4.37. The Labute approximate surface area is 277 Å². The van der Waals surface area contributed by atoms with E-state index in [-0.39, 0.29) is 34.8 Å². The number of halogens is 1. The van der Waals surface area contributed by atoms with Gasteiger partial charge in [0.2, 0.25) is 0 Å². The Morgan fingerprint density at radius 3 is 2.39 bits per heavy atom. The van der Waals surface area contributed by atoms with Crippen LogP contribution in [0, 0.1) is 16.0 Å². The number of para-hydroxylation sites is 2. The molecular weight excluding hydrogens is 646 g/mol. The van der Waals surface area contributed by atoms with Crippen LogP contribution in [-0.4, -0.2) is 28.5 Å². The highest BCUT2D eigenvalue weighted by molar-refractivity contribution is 9.10. The Kier molecular flexibility index (Phi) is 8.42. The number of fused-ring (bicyclic) bond motifs is 1. The van der Waals surface area contributed by atoms with Gasteiger partial charge in [-0.2, -0.15) is 0 Å². The minimum Gasteiger partial charge on any atom is -0.487 e. The fraction of sp³-hybridized carbons (Fsp3) is 0.324. The van der Waals surface area contributed by atoms with Gasteiger partial charge in [0.05, 0.1) is 10.6 Å². The molecule has 0 unspecified atom stereocenters. The van der Waals surface area contributed by atoms with Gasteiger partial charge in [0.15, 0.2) is 0 Å². The maximum Gasteiger partial charge on any atom is 0.410 e. The zero-order chi connectivity index (χ0) is 31.7. The average molecular weight is 683 g/mol. The van der Waals surface area contributed by atoms with Gasteiger partial charge in [0.1, 0.15) is 24.7 Å². The molecule has 4 aromatic rings. The summed E-state index contributed by atoms with van der Waals surface area (Å²) in [5.74, 6) is 0.962. The van der Waals surface area contributed by atoms with Crippen LogP contribution in [0.2, 0.25) is 0 Å². The first-order valence-electron chi connectivity index (χ1n) is 15.9. The van der Waals surface area contributed by atoms with Crippen LogP contribution in [0.5, 0.6) is 5.75 Å². The van der Waals surface area contributed by atoms with Crippen molar-refractivity contribution in [1.29, 1.82) is 0 Å². The summed E-state index contributed by atoms with van der Waals surface area (Å²) < 4.78 is 13.2. The second-order valence-corrected chi connectivity index (χ2v) is 13.3. The van der Waals surface area contributed by atoms with Crippen molar-refractivity contribution < 1.29 is 19.2 Å². The van der Waals surface area contributed by atoms with Gasteiger partial charge in [-0.25, -0.2) is 4.79 Å². The van der Waals surface area contributed by atoms with Gasteiger partial charge in [0, 0.05) is 28.5 Å². The average Bonchev–Trinajstić information content (AvgIpc) is 3.09. The number of nitro groups is 1. The summed E-state index contributed by atoms with van der Waals surface area (Å²) in [6.07, 6.45) is 5.62. The van der Waals surface area contributed by atoms with E-state index in [4.69, 9.17) is 9.47 Å². The number of hydrogen-bond acceptors (Lipinski definition) is 6. The van der Waals surface area contributed by atoms with Gasteiger partial charge in [-0.3, -0.25) is 10.1 Å². The third-order valence-corrected chi connectivity index (χ3v) is 11.0. The number of likely N-dealkylation sites (tertiary alicyclic amines) is 1. The Balaban J connectivity index is 1.28. The van der Waals surface area contributed by atoms with Gasteiger partial charge in [0.25, 0.3) is 5.69 Å². The van der Waals surface area contributed by atoms with Crippen molar-refractivity contribution >= 4 is 39.1 Å². The van der Waals surface area contributed by atoms with Crippen LogP contribution >= 0.6 is 15.9 Å². The molecule has 9 heteroatoms. The maximum absolute atomic E-state index is 13.6. The number of anilines is 2. The second-order valence-electron chi connectivity index (χ2n) is 12.5. The molecule has 46 heavy (non-hydrogen) atoms. The Morgan fingerprint density at radius 2 is 1.65 bits per heavy atom. The highest BCUT2D eigenvalue weighted by Crippen LogP contribution is 2.59. The third kappa shape index (κ3) is 5.61. The van der Waals surface area contributed by atoms with E-state index in [1.54, 1.807) is 18.2 Å². The van der Waals surface area contributed by atoms with Crippen LogP contribution in [0.25, 0.3) is 0 Å². The number of carbonyl (C=O) groups is 1. The molecule has 2 aliphatic carbocycles. The van der Waals surface area contributed by atoms with E-state index in [2.05, 4.69) is 27.3 Å². The van der Waals surface area contributed by atoms with Crippen molar-refractivity contribution in [3.63, 3.8) is 0 Å². The lowest BCUT2D eigenvalue weighted by atomic mass is 9.52. The minimum atomic E-state index is -0.381. The molecule has 2 bridgehead atoms. The molecule has 0 aromatic heterocycles. The molecule has 1 aliphatic heterocycles. The van der Waals surface area contributed by atoms with Crippen LogP contribution in [-0.2, 0) is 29.8 Å². The molecule has 4 aromatic carbocycles. The lowest BCUT2D eigenvalue weighted by Gasteiger charge is -2.58. The first kappa shape index (κ1) is 30.3. The van der Waals surface area contributed by atoms with Crippen molar-refractivity contribution in [1.82, 2.24) is 4.90 Å². The Bertz CT molecular complexity index is 1750. The number of piperidine rings is 1. The largest absolute Gasteiger partial charge is 0.487 e. The van der Waals surface area contributed by atoms with Crippen LogP contribution in [0.15, 0.2) is 95.5 Å². The number of carbonyl (C=O) groups excluding carboxylic acids is 1. The summed E-state index contributed by atoms with van der Waals surface area (Å²) >= 11 is 3.96. The molecule has 8 nitrogen and oxygen atoms in total. The van der Waals surface area contributed by atoms with Crippen LogP contribution in [0.3, 0.4) is 0 Å². The molecule has 3 atom stereocenters. The normalized spacial score (nSPS) is 21.5. The van der Waals surface area contributed by atoms with E-state index in [0.29, 0.717) is 42.6 Å². The van der Waals surface area contributed by atoms with E-state index in [1.807, 2.05) is 65.6 Å². The monoisotopic (exact) mass is 681 g/mol. The summed E-state index contributed by atoms with van der Waals surface area (Å²) in [6, 6.07) is 28.6. The summed E-state index contributed by atoms with van der Waals surface area (Å²) in [4.78, 5) is 27.1. The first-order valence-corrected chi connectivity index (χ1v) is 16.7. The topological polar surface area (TPSA) is 93.9 Å². The fourth-order valence-corrected chi connectivity index (χ4v) is 8.62. The quantitative estimate of drug-likeness (QED) is 0.147. The fourth-order valence-electron chi connectivity index (χ4n) is 7.95. The molecule has 3 aliphatic rings. The third-order valence-electron chi connectivity index (χ3n) is 10.1. The van der Waals surface area contributed by atoms with Gasteiger partial charge >= 0.3 is 6.09 Å². The maximum atomic E-state index is 13.6. The molecule has 236 valence electrons. The number of nitrogens with zero attached hydrogens (tertiary/aromatic N) is 2. The molecular formula is C37H36BrN3O5. The van der Waals surface area contributed by atoms with Crippen LogP contribution < -0.4 is 10.1 Å². The molecule has 1 saturated carbocycles. The predicted molar refractivity (Wildman–Crippen MR) is 180 cm³/mol. The summed E-state index contributed by atoms with van der Waals surface area (Å²) in [5.41, 5.74) is 5.31. The Morgan fingerprint density at radius 1 is 0.957 bits per heavy atom. The van der Waals surface area contributed by atoms with Crippen LogP contribution in [0.1, 0.15) is 54.4 Å². The molecule has 1 heterocycles. The number of rotatable bonds is 8. The van der Waals surface area contributed by atoms with Crippen molar-refractivity contribution in [2.24, 2.45) is 5.92 Å². The predicted octanol–water partition coefficient (Wildman–Crippen LogP) is 9.08. The van der Waals surface area contributed by atoms with E-state index >= 15 is 0 Å². The van der Waals surface area contributed by atoms with Gasteiger partial charge < -0.3 is 19.7 Å². The van der Waals surface area contributed by atoms with Gasteiger partial charge in [-0.15, -0.1) is 0 Å². The minimum absolute atomic E-state index is 0.00359. The van der Waals surface area contributed by atoms with Gasteiger partial charge in [-0.05, 0) is 81.9 Å². The van der Waals surface area contributed by atoms with Crippen molar-refractivity contribution in [3.8, 4) is 5.75 Å². The highest BCUT2D eigenvalue weighted by atomic mass is 79.9. The zero-order valence-corrected chi connectivity index (χ0v) is 27.1. The molecule has 1 N–H and O–H groups in total. The number of nitro benzene ring substituents is 1. The van der Waals surface area contributed by atoms with Crippen molar-refractivity contribution in [2.45, 2.75) is 63.2 Å². The molecule has 2 fully saturated rings. The summed E-state index contributed by atoms with van der Waals surface area (Å²) in [6.45, 7) is 1.24. The number of amides is 1. The molecule has 1 saturated heterocycles. The van der Waals surface area contributed by atoms with E-state index in [9.17, 15) is 14.9 Å². The van der Waals surface area contributed by atoms with Gasteiger partial charge in [-0.1, -0.05) is 85.6 Å². The molecule has 1 amide bonds. The standard InChI is InChI=1S/C37H36BrN3O5/c38-34-27-21-32-28-15-9-10-18-37(28,19-20-40(32)36(42)46-24-26-13-5-2-6-14-26)29(27)22-33(45-23-25-11-3-1-4-12-25)35(34)39-30-16-7-8-17-31(30)41(43)44/h1-8,11-14,16-17,22,28,32,39H,9-10,15,18-21,23-24H2/t28-,32+,37+/m1/s1. The molecule has 0 radical (unpaired) electrons. The van der Waals surface area contributed by atoms with Crippen molar-refractivity contribution in [2.75, 3.05) is 11.9 Å².